The van der Waals surface area contributed by atoms with Crippen LogP contribution in [0.3, 0.4) is 0 Å². The lowest BCUT2D eigenvalue weighted by Crippen LogP contribution is -2.23. The van der Waals surface area contributed by atoms with Crippen molar-refractivity contribution in [3.05, 3.63) is 70.8 Å². The fraction of sp³-hybridized carbons (Fsp3) is 0.118. The van der Waals surface area contributed by atoms with Crippen LogP contribution < -0.4 is 5.32 Å². The van der Waals surface area contributed by atoms with Gasteiger partial charge in [0, 0.05) is 17.6 Å². The van der Waals surface area contributed by atoms with Crippen LogP contribution in [0.15, 0.2) is 54.6 Å². The molecular formula is C17H16ClNO2. The van der Waals surface area contributed by atoms with E-state index in [0.717, 1.165) is 17.5 Å². The molecule has 0 bridgehead atoms. The van der Waals surface area contributed by atoms with Gasteiger partial charge in [0.05, 0.1) is 0 Å². The van der Waals surface area contributed by atoms with Gasteiger partial charge in [-0.3, -0.25) is 4.79 Å². The molecule has 2 aromatic rings. The summed E-state index contributed by atoms with van der Waals surface area (Å²) in [4.78, 5) is 11.7. The SMILES string of the molecule is O=C(C=Cc1ccc(Cl)cc1)NCCc1ccc(O)cc1. The highest BCUT2D eigenvalue weighted by Gasteiger charge is 1.97. The third-order valence-electron chi connectivity index (χ3n) is 2.95. The molecule has 0 aromatic heterocycles. The standard InChI is InChI=1S/C17H16ClNO2/c18-15-6-1-13(2-7-15)5-10-17(21)19-12-11-14-3-8-16(20)9-4-14/h1-10,20H,11-12H2,(H,19,21). The van der Waals surface area contributed by atoms with Gasteiger partial charge in [-0.1, -0.05) is 35.9 Å². The van der Waals surface area contributed by atoms with Crippen LogP contribution in [0.2, 0.25) is 5.02 Å². The molecule has 2 rings (SSSR count). The van der Waals surface area contributed by atoms with Crippen LogP contribution in [0.4, 0.5) is 0 Å². The second-order valence-corrected chi connectivity index (χ2v) is 5.03. The van der Waals surface area contributed by atoms with Gasteiger partial charge in [0.2, 0.25) is 5.91 Å². The third kappa shape index (κ3) is 5.32. The minimum absolute atomic E-state index is 0.135. The van der Waals surface area contributed by atoms with E-state index >= 15 is 0 Å². The molecule has 21 heavy (non-hydrogen) atoms. The predicted octanol–water partition coefficient (Wildman–Crippen LogP) is 3.42. The van der Waals surface area contributed by atoms with E-state index in [2.05, 4.69) is 5.32 Å². The Kier molecular flexibility index (Phi) is 5.41. The Bertz CT molecular complexity index is 618. The van der Waals surface area contributed by atoms with Crippen LogP contribution in [0.5, 0.6) is 5.75 Å². The fourth-order valence-corrected chi connectivity index (χ4v) is 1.92. The van der Waals surface area contributed by atoms with Gasteiger partial charge < -0.3 is 10.4 Å². The van der Waals surface area contributed by atoms with E-state index in [1.165, 1.54) is 6.08 Å². The van der Waals surface area contributed by atoms with Crippen LogP contribution in [-0.4, -0.2) is 17.6 Å². The summed E-state index contributed by atoms with van der Waals surface area (Å²) < 4.78 is 0. The molecular weight excluding hydrogens is 286 g/mol. The zero-order valence-electron chi connectivity index (χ0n) is 11.4. The highest BCUT2D eigenvalue weighted by atomic mass is 35.5. The minimum Gasteiger partial charge on any atom is -0.508 e. The number of hydrogen-bond donors (Lipinski definition) is 2. The number of phenolic OH excluding ortho intramolecular Hbond substituents is 1. The van der Waals surface area contributed by atoms with Gasteiger partial charge in [0.15, 0.2) is 0 Å². The number of phenols is 1. The van der Waals surface area contributed by atoms with Crippen molar-refractivity contribution in [2.45, 2.75) is 6.42 Å². The van der Waals surface area contributed by atoms with Crippen LogP contribution in [0.25, 0.3) is 6.08 Å². The first kappa shape index (κ1) is 15.1. The van der Waals surface area contributed by atoms with Crippen molar-refractivity contribution in [1.29, 1.82) is 0 Å². The molecule has 0 saturated carbocycles. The maximum absolute atomic E-state index is 11.7. The number of hydrogen-bond acceptors (Lipinski definition) is 2. The third-order valence-corrected chi connectivity index (χ3v) is 3.20. The summed E-state index contributed by atoms with van der Waals surface area (Å²) in [5.41, 5.74) is 1.99. The maximum atomic E-state index is 11.7. The molecule has 2 aromatic carbocycles. The van der Waals surface area contributed by atoms with Crippen molar-refractivity contribution in [2.24, 2.45) is 0 Å². The highest BCUT2D eigenvalue weighted by Crippen LogP contribution is 2.11. The molecule has 0 radical (unpaired) electrons. The number of nitrogens with one attached hydrogen (secondary N) is 1. The normalized spacial score (nSPS) is 10.7. The number of amides is 1. The van der Waals surface area contributed by atoms with Gasteiger partial charge in [-0.25, -0.2) is 0 Å². The van der Waals surface area contributed by atoms with Gasteiger partial charge in [-0.15, -0.1) is 0 Å². The van der Waals surface area contributed by atoms with Crippen LogP contribution in [0.1, 0.15) is 11.1 Å². The van der Waals surface area contributed by atoms with Gasteiger partial charge in [0.25, 0.3) is 0 Å². The second kappa shape index (κ2) is 7.50. The number of rotatable bonds is 5. The first-order valence-corrected chi connectivity index (χ1v) is 7.01. The fourth-order valence-electron chi connectivity index (χ4n) is 1.80. The minimum atomic E-state index is -0.135. The van der Waals surface area contributed by atoms with E-state index in [-0.39, 0.29) is 11.7 Å². The van der Waals surface area contributed by atoms with E-state index in [4.69, 9.17) is 11.6 Å². The van der Waals surface area contributed by atoms with E-state index in [1.807, 2.05) is 24.3 Å². The van der Waals surface area contributed by atoms with Crippen molar-refractivity contribution < 1.29 is 9.90 Å². The van der Waals surface area contributed by atoms with E-state index in [1.54, 1.807) is 30.3 Å². The molecule has 0 aliphatic carbocycles. The number of carbonyl (C=O) groups excluding carboxylic acids is 1. The molecule has 0 heterocycles. The lowest BCUT2D eigenvalue weighted by molar-refractivity contribution is -0.116. The van der Waals surface area contributed by atoms with Gasteiger partial charge in [0.1, 0.15) is 5.75 Å². The molecule has 2 N–H and O–H groups in total. The molecule has 108 valence electrons. The lowest BCUT2D eigenvalue weighted by Gasteiger charge is -2.03. The molecule has 0 unspecified atom stereocenters. The lowest BCUT2D eigenvalue weighted by atomic mass is 10.1. The van der Waals surface area contributed by atoms with Crippen LogP contribution >= 0.6 is 11.6 Å². The second-order valence-electron chi connectivity index (χ2n) is 4.59. The average molecular weight is 302 g/mol. The Hall–Kier alpha value is -2.26. The number of carbonyl (C=O) groups is 1. The average Bonchev–Trinajstić information content (AvgIpc) is 2.49. The summed E-state index contributed by atoms with van der Waals surface area (Å²) in [6.45, 7) is 0.550. The smallest absolute Gasteiger partial charge is 0.244 e. The summed E-state index contributed by atoms with van der Waals surface area (Å²) in [7, 11) is 0. The molecule has 0 aliphatic rings. The Balaban J connectivity index is 1.77. The van der Waals surface area contributed by atoms with Crippen LogP contribution in [-0.2, 0) is 11.2 Å². The highest BCUT2D eigenvalue weighted by molar-refractivity contribution is 6.30. The van der Waals surface area contributed by atoms with Crippen molar-refractivity contribution in [3.63, 3.8) is 0 Å². The van der Waals surface area contributed by atoms with Gasteiger partial charge in [-0.2, -0.15) is 0 Å². The summed E-state index contributed by atoms with van der Waals surface area (Å²) in [6, 6.07) is 14.2. The van der Waals surface area contributed by atoms with Crippen molar-refractivity contribution in [3.8, 4) is 5.75 Å². The summed E-state index contributed by atoms with van der Waals surface area (Å²) >= 11 is 5.79. The first-order chi connectivity index (χ1) is 10.1. The molecule has 0 spiro atoms. The Morgan fingerprint density at radius 2 is 1.76 bits per heavy atom. The van der Waals surface area contributed by atoms with Gasteiger partial charge in [-0.05, 0) is 47.9 Å². The van der Waals surface area contributed by atoms with Crippen molar-refractivity contribution >= 4 is 23.6 Å². The maximum Gasteiger partial charge on any atom is 0.244 e. The quantitative estimate of drug-likeness (QED) is 0.831. The van der Waals surface area contributed by atoms with Gasteiger partial charge >= 0.3 is 0 Å². The van der Waals surface area contributed by atoms with E-state index < -0.39 is 0 Å². The topological polar surface area (TPSA) is 49.3 Å². The molecule has 1 amide bonds. The zero-order chi connectivity index (χ0) is 15.1. The van der Waals surface area contributed by atoms with Crippen LogP contribution in [0, 0.1) is 0 Å². The molecule has 3 nitrogen and oxygen atoms in total. The predicted molar refractivity (Wildman–Crippen MR) is 85.3 cm³/mol. The van der Waals surface area contributed by atoms with Crippen molar-refractivity contribution in [1.82, 2.24) is 5.32 Å². The molecule has 0 fully saturated rings. The Labute approximate surface area is 128 Å². The summed E-state index contributed by atoms with van der Waals surface area (Å²) in [6.07, 6.45) is 3.97. The number of halogens is 1. The molecule has 0 atom stereocenters. The van der Waals surface area contributed by atoms with E-state index in [0.29, 0.717) is 11.6 Å². The first-order valence-electron chi connectivity index (χ1n) is 6.63. The Morgan fingerprint density at radius 3 is 2.43 bits per heavy atom. The summed E-state index contributed by atoms with van der Waals surface area (Å²) in [5.74, 6) is 0.109. The monoisotopic (exact) mass is 301 g/mol. The Morgan fingerprint density at radius 1 is 1.10 bits per heavy atom. The number of aromatic hydroxyl groups is 1. The molecule has 0 aliphatic heterocycles. The zero-order valence-corrected chi connectivity index (χ0v) is 12.2. The largest absolute Gasteiger partial charge is 0.508 e. The van der Waals surface area contributed by atoms with Crippen molar-refractivity contribution in [2.75, 3.05) is 6.54 Å². The molecule has 0 saturated heterocycles. The summed E-state index contributed by atoms with van der Waals surface area (Å²) in [5, 5.41) is 12.7. The van der Waals surface area contributed by atoms with E-state index in [9.17, 15) is 9.90 Å². The molecule has 4 heteroatoms. The number of benzene rings is 2.